The number of hydrogen-bond acceptors (Lipinski definition) is 4. The molecule has 0 heterocycles. The third kappa shape index (κ3) is 2.96. The molecular weight excluding hydrogens is 246 g/mol. The molecule has 1 amide bonds. The SMILES string of the molecule is N/C(=N/O)C1CCCC1NC(=O)c1cccc(O)c1. The standard InChI is InChI=1S/C13H17N3O3/c14-12(16-19)10-5-2-6-11(10)15-13(18)8-3-1-4-9(17)7-8/h1,3-4,7,10-11,17,19H,2,5-6H2,(H2,14,16)(H,15,18). The number of nitrogens with two attached hydrogens (primary N) is 1. The van der Waals surface area contributed by atoms with Crippen LogP contribution in [0.1, 0.15) is 29.6 Å². The average molecular weight is 263 g/mol. The van der Waals surface area contributed by atoms with E-state index in [0.717, 1.165) is 19.3 Å². The summed E-state index contributed by atoms with van der Waals surface area (Å²) in [6.07, 6.45) is 2.51. The predicted octanol–water partition coefficient (Wildman–Crippen LogP) is 1.04. The Morgan fingerprint density at radius 3 is 2.89 bits per heavy atom. The molecular formula is C13H17N3O3. The third-order valence-corrected chi connectivity index (χ3v) is 3.44. The van der Waals surface area contributed by atoms with Crippen molar-refractivity contribution in [1.29, 1.82) is 0 Å². The molecule has 2 rings (SSSR count). The summed E-state index contributed by atoms with van der Waals surface area (Å²) in [5.74, 6) is -0.199. The lowest BCUT2D eigenvalue weighted by molar-refractivity contribution is 0.0933. The fourth-order valence-corrected chi connectivity index (χ4v) is 2.46. The van der Waals surface area contributed by atoms with Crippen LogP contribution in [0.3, 0.4) is 0 Å². The molecule has 0 bridgehead atoms. The third-order valence-electron chi connectivity index (χ3n) is 3.44. The lowest BCUT2D eigenvalue weighted by Gasteiger charge is -2.19. The van der Waals surface area contributed by atoms with Crippen molar-refractivity contribution >= 4 is 11.7 Å². The van der Waals surface area contributed by atoms with Crippen LogP contribution < -0.4 is 11.1 Å². The minimum absolute atomic E-state index is 0.0482. The second kappa shape index (κ2) is 5.60. The summed E-state index contributed by atoms with van der Waals surface area (Å²) < 4.78 is 0. The van der Waals surface area contributed by atoms with Crippen LogP contribution in [0.4, 0.5) is 0 Å². The number of hydrogen-bond donors (Lipinski definition) is 4. The Kier molecular flexibility index (Phi) is 3.89. The number of nitrogens with zero attached hydrogens (tertiary/aromatic N) is 1. The maximum absolute atomic E-state index is 12.0. The molecule has 1 aromatic rings. The van der Waals surface area contributed by atoms with Gasteiger partial charge in [-0.25, -0.2) is 0 Å². The number of oxime groups is 1. The van der Waals surface area contributed by atoms with Gasteiger partial charge in [0.25, 0.3) is 5.91 Å². The number of nitrogens with one attached hydrogen (secondary N) is 1. The van der Waals surface area contributed by atoms with Crippen LogP contribution in [0.2, 0.25) is 0 Å². The number of carbonyl (C=O) groups excluding carboxylic acids is 1. The van der Waals surface area contributed by atoms with Gasteiger partial charge in [-0.1, -0.05) is 17.6 Å². The Labute approximate surface area is 110 Å². The van der Waals surface area contributed by atoms with E-state index in [1.807, 2.05) is 0 Å². The van der Waals surface area contributed by atoms with Gasteiger partial charge in [0, 0.05) is 17.5 Å². The van der Waals surface area contributed by atoms with Crippen molar-refractivity contribution in [3.05, 3.63) is 29.8 Å². The Morgan fingerprint density at radius 2 is 2.21 bits per heavy atom. The molecule has 0 spiro atoms. The molecule has 1 saturated carbocycles. The van der Waals surface area contributed by atoms with E-state index in [4.69, 9.17) is 10.9 Å². The monoisotopic (exact) mass is 263 g/mol. The highest BCUT2D eigenvalue weighted by Crippen LogP contribution is 2.26. The van der Waals surface area contributed by atoms with E-state index in [0.29, 0.717) is 5.56 Å². The van der Waals surface area contributed by atoms with E-state index >= 15 is 0 Å². The lowest BCUT2D eigenvalue weighted by atomic mass is 10.0. The second-order valence-corrected chi connectivity index (χ2v) is 4.69. The zero-order valence-corrected chi connectivity index (χ0v) is 10.4. The maximum atomic E-state index is 12.0. The number of carbonyl (C=O) groups is 1. The maximum Gasteiger partial charge on any atom is 0.251 e. The summed E-state index contributed by atoms with van der Waals surface area (Å²) in [7, 11) is 0. The van der Waals surface area contributed by atoms with Crippen LogP contribution in [0.25, 0.3) is 0 Å². The van der Waals surface area contributed by atoms with E-state index in [1.54, 1.807) is 12.1 Å². The van der Waals surface area contributed by atoms with Crippen LogP contribution in [0.5, 0.6) is 5.75 Å². The number of amidine groups is 1. The van der Waals surface area contributed by atoms with Crippen LogP contribution in [-0.4, -0.2) is 28.1 Å². The molecule has 6 nitrogen and oxygen atoms in total. The molecule has 5 N–H and O–H groups in total. The van der Waals surface area contributed by atoms with Gasteiger partial charge in [0.15, 0.2) is 0 Å². The molecule has 1 aliphatic carbocycles. The normalized spacial score (nSPS) is 23.3. The van der Waals surface area contributed by atoms with Gasteiger partial charge in [-0.3, -0.25) is 4.79 Å². The molecule has 2 atom stereocenters. The Hall–Kier alpha value is -2.24. The van der Waals surface area contributed by atoms with Crippen LogP contribution >= 0.6 is 0 Å². The Morgan fingerprint density at radius 1 is 1.42 bits per heavy atom. The number of phenols is 1. The predicted molar refractivity (Wildman–Crippen MR) is 70.1 cm³/mol. The summed E-state index contributed by atoms with van der Waals surface area (Å²) in [6, 6.07) is 6.02. The van der Waals surface area contributed by atoms with Gasteiger partial charge < -0.3 is 21.4 Å². The lowest BCUT2D eigenvalue weighted by Crippen LogP contribution is -2.42. The van der Waals surface area contributed by atoms with Crippen molar-refractivity contribution < 1.29 is 15.1 Å². The van der Waals surface area contributed by atoms with E-state index in [9.17, 15) is 9.90 Å². The zero-order chi connectivity index (χ0) is 13.8. The van der Waals surface area contributed by atoms with Gasteiger partial charge in [-0.15, -0.1) is 0 Å². The summed E-state index contributed by atoms with van der Waals surface area (Å²) in [5, 5.41) is 24.0. The smallest absolute Gasteiger partial charge is 0.251 e. The number of phenolic OH excluding ortho intramolecular Hbond substituents is 1. The first kappa shape index (κ1) is 13.2. The summed E-state index contributed by atoms with van der Waals surface area (Å²) in [6.45, 7) is 0. The largest absolute Gasteiger partial charge is 0.508 e. The van der Waals surface area contributed by atoms with E-state index < -0.39 is 0 Å². The highest BCUT2D eigenvalue weighted by atomic mass is 16.4. The van der Waals surface area contributed by atoms with Crippen molar-refractivity contribution in [2.75, 3.05) is 0 Å². The van der Waals surface area contributed by atoms with Gasteiger partial charge in [0.1, 0.15) is 11.6 Å². The van der Waals surface area contributed by atoms with Crippen molar-refractivity contribution in [3.8, 4) is 5.75 Å². The summed E-state index contributed by atoms with van der Waals surface area (Å²) in [5.41, 5.74) is 6.01. The molecule has 1 fully saturated rings. The molecule has 0 aromatic heterocycles. The first-order valence-electron chi connectivity index (χ1n) is 6.19. The van der Waals surface area contributed by atoms with Crippen LogP contribution in [0.15, 0.2) is 29.4 Å². The number of aromatic hydroxyl groups is 1. The topological polar surface area (TPSA) is 108 Å². The molecule has 0 aliphatic heterocycles. The van der Waals surface area contributed by atoms with Crippen LogP contribution in [0, 0.1) is 5.92 Å². The van der Waals surface area contributed by atoms with Gasteiger partial charge in [0.2, 0.25) is 0 Å². The molecule has 6 heteroatoms. The average Bonchev–Trinajstić information content (AvgIpc) is 2.86. The first-order chi connectivity index (χ1) is 9.11. The molecule has 102 valence electrons. The van der Waals surface area contributed by atoms with Crippen molar-refractivity contribution in [1.82, 2.24) is 5.32 Å². The zero-order valence-electron chi connectivity index (χ0n) is 10.4. The highest BCUT2D eigenvalue weighted by Gasteiger charge is 2.31. The van der Waals surface area contributed by atoms with Crippen LogP contribution in [-0.2, 0) is 0 Å². The molecule has 1 aromatic carbocycles. The molecule has 0 saturated heterocycles. The van der Waals surface area contributed by atoms with Gasteiger partial charge in [-0.2, -0.15) is 0 Å². The van der Waals surface area contributed by atoms with Crippen molar-refractivity contribution in [2.24, 2.45) is 16.8 Å². The minimum atomic E-state index is -0.265. The molecule has 0 radical (unpaired) electrons. The molecule has 1 aliphatic rings. The van der Waals surface area contributed by atoms with Crippen molar-refractivity contribution in [3.63, 3.8) is 0 Å². The number of benzene rings is 1. The fourth-order valence-electron chi connectivity index (χ4n) is 2.46. The first-order valence-corrected chi connectivity index (χ1v) is 6.19. The highest BCUT2D eigenvalue weighted by molar-refractivity contribution is 5.95. The second-order valence-electron chi connectivity index (χ2n) is 4.69. The molecule has 2 unspecified atom stereocenters. The quantitative estimate of drug-likeness (QED) is 0.283. The van der Waals surface area contributed by atoms with Gasteiger partial charge in [-0.05, 0) is 31.0 Å². The Balaban J connectivity index is 2.06. The van der Waals surface area contributed by atoms with E-state index in [2.05, 4.69) is 10.5 Å². The Bertz CT molecular complexity index is 502. The van der Waals surface area contributed by atoms with Gasteiger partial charge >= 0.3 is 0 Å². The number of amides is 1. The minimum Gasteiger partial charge on any atom is -0.508 e. The van der Waals surface area contributed by atoms with E-state index in [-0.39, 0.29) is 29.5 Å². The number of rotatable bonds is 3. The van der Waals surface area contributed by atoms with E-state index in [1.165, 1.54) is 12.1 Å². The fraction of sp³-hybridized carbons (Fsp3) is 0.385. The van der Waals surface area contributed by atoms with Crippen molar-refractivity contribution in [2.45, 2.75) is 25.3 Å². The van der Waals surface area contributed by atoms with Gasteiger partial charge in [0.05, 0.1) is 0 Å². The molecule has 19 heavy (non-hydrogen) atoms. The summed E-state index contributed by atoms with van der Waals surface area (Å²) in [4.78, 5) is 12.0. The summed E-state index contributed by atoms with van der Waals surface area (Å²) >= 11 is 0.